The molecule has 0 aromatic heterocycles. The Balaban J connectivity index is 1.71. The van der Waals surface area contributed by atoms with Gasteiger partial charge in [0, 0.05) is 12.8 Å². The van der Waals surface area contributed by atoms with Gasteiger partial charge in [-0.25, -0.2) is 4.79 Å². The first-order valence-electron chi connectivity index (χ1n) is 8.62. The van der Waals surface area contributed by atoms with Gasteiger partial charge in [0.1, 0.15) is 6.04 Å². The minimum absolute atomic E-state index is 0.144. The third kappa shape index (κ3) is 3.94. The Labute approximate surface area is 141 Å². The van der Waals surface area contributed by atoms with Crippen LogP contribution in [0.4, 0.5) is 0 Å². The van der Waals surface area contributed by atoms with E-state index in [9.17, 15) is 14.7 Å². The molecule has 3 rings (SSSR count). The molecule has 1 aliphatic rings. The van der Waals surface area contributed by atoms with Crippen LogP contribution in [0.2, 0.25) is 0 Å². The van der Waals surface area contributed by atoms with Gasteiger partial charge in [0.05, 0.1) is 0 Å². The topological polar surface area (TPSA) is 66.4 Å². The number of carbonyl (C=O) groups is 2. The van der Waals surface area contributed by atoms with Crippen LogP contribution in [0.5, 0.6) is 0 Å². The van der Waals surface area contributed by atoms with Crippen LogP contribution in [0.25, 0.3) is 10.8 Å². The normalized spacial score (nSPS) is 16.2. The Hall–Kier alpha value is -2.36. The molecule has 0 heterocycles. The van der Waals surface area contributed by atoms with Crippen molar-refractivity contribution in [1.29, 1.82) is 0 Å². The number of carbonyl (C=O) groups excluding carboxylic acids is 1. The number of hydrogen-bond acceptors (Lipinski definition) is 2. The fourth-order valence-electron chi connectivity index (χ4n) is 3.62. The lowest BCUT2D eigenvalue weighted by Crippen LogP contribution is -2.42. The quantitative estimate of drug-likeness (QED) is 0.854. The summed E-state index contributed by atoms with van der Waals surface area (Å²) in [5.74, 6) is -0.714. The van der Waals surface area contributed by atoms with Crippen molar-refractivity contribution in [3.63, 3.8) is 0 Å². The average Bonchev–Trinajstić information content (AvgIpc) is 3.07. The molecular weight excluding hydrogens is 302 g/mol. The van der Waals surface area contributed by atoms with Crippen molar-refractivity contribution in [3.8, 4) is 0 Å². The Morgan fingerprint density at radius 3 is 2.54 bits per heavy atom. The molecule has 1 aliphatic carbocycles. The molecule has 1 atom stereocenters. The highest BCUT2D eigenvalue weighted by molar-refractivity contribution is 5.88. The van der Waals surface area contributed by atoms with Gasteiger partial charge in [0.25, 0.3) is 0 Å². The Kier molecular flexibility index (Phi) is 5.14. The molecule has 126 valence electrons. The van der Waals surface area contributed by atoms with Crippen molar-refractivity contribution in [1.82, 2.24) is 5.32 Å². The minimum atomic E-state index is -0.984. The van der Waals surface area contributed by atoms with Gasteiger partial charge < -0.3 is 10.4 Å². The molecule has 0 saturated heterocycles. The second-order valence-electron chi connectivity index (χ2n) is 6.66. The summed E-state index contributed by atoms with van der Waals surface area (Å²) in [6.07, 6.45) is 5.25. The van der Waals surface area contributed by atoms with Crippen molar-refractivity contribution in [2.75, 3.05) is 0 Å². The fraction of sp³-hybridized carbons (Fsp3) is 0.400. The van der Waals surface area contributed by atoms with Crippen molar-refractivity contribution in [2.24, 2.45) is 5.92 Å². The van der Waals surface area contributed by atoms with Crippen LogP contribution in [-0.2, 0) is 16.0 Å². The summed E-state index contributed by atoms with van der Waals surface area (Å²) in [5, 5.41) is 14.3. The van der Waals surface area contributed by atoms with E-state index in [4.69, 9.17) is 0 Å². The second-order valence-corrected chi connectivity index (χ2v) is 6.66. The molecule has 1 amide bonds. The molecule has 0 radical (unpaired) electrons. The standard InChI is InChI=1S/C20H23NO3/c22-19(12-14-6-1-2-7-14)21-18(20(23)24)13-16-10-5-9-15-8-3-4-11-17(15)16/h3-5,8-11,14,18H,1-2,6-7,12-13H2,(H,21,22)(H,23,24)/t18-/m1/s1. The number of nitrogens with one attached hydrogen (secondary N) is 1. The van der Waals surface area contributed by atoms with E-state index in [1.165, 1.54) is 12.8 Å². The largest absolute Gasteiger partial charge is 0.480 e. The highest BCUT2D eigenvalue weighted by atomic mass is 16.4. The molecule has 4 heteroatoms. The number of carboxylic acid groups (broad SMARTS) is 1. The van der Waals surface area contributed by atoms with E-state index >= 15 is 0 Å². The first-order chi connectivity index (χ1) is 11.6. The summed E-state index contributed by atoms with van der Waals surface area (Å²) >= 11 is 0. The van der Waals surface area contributed by atoms with Crippen LogP contribution in [0.1, 0.15) is 37.7 Å². The maximum atomic E-state index is 12.2. The van der Waals surface area contributed by atoms with Gasteiger partial charge in [0.2, 0.25) is 5.91 Å². The molecule has 2 aromatic carbocycles. The van der Waals surface area contributed by atoms with E-state index in [1.807, 2.05) is 42.5 Å². The number of amides is 1. The zero-order valence-corrected chi connectivity index (χ0v) is 13.7. The first-order valence-corrected chi connectivity index (χ1v) is 8.62. The lowest BCUT2D eigenvalue weighted by molar-refractivity contribution is -0.141. The molecule has 1 saturated carbocycles. The zero-order chi connectivity index (χ0) is 16.9. The highest BCUT2D eigenvalue weighted by Gasteiger charge is 2.24. The van der Waals surface area contributed by atoms with Gasteiger partial charge in [-0.1, -0.05) is 55.3 Å². The first kappa shape index (κ1) is 16.5. The zero-order valence-electron chi connectivity index (χ0n) is 13.7. The Morgan fingerprint density at radius 2 is 1.79 bits per heavy atom. The van der Waals surface area contributed by atoms with Crippen LogP contribution in [0.3, 0.4) is 0 Å². The SMILES string of the molecule is O=C(CC1CCCC1)N[C@H](Cc1cccc2ccccc12)C(=O)O. The van der Waals surface area contributed by atoms with E-state index in [0.717, 1.165) is 29.2 Å². The van der Waals surface area contributed by atoms with Crippen molar-refractivity contribution < 1.29 is 14.7 Å². The molecular formula is C20H23NO3. The lowest BCUT2D eigenvalue weighted by Gasteiger charge is -2.17. The third-order valence-corrected chi connectivity index (χ3v) is 4.89. The summed E-state index contributed by atoms with van der Waals surface area (Å²) < 4.78 is 0. The summed E-state index contributed by atoms with van der Waals surface area (Å²) in [6.45, 7) is 0. The summed E-state index contributed by atoms with van der Waals surface area (Å²) in [4.78, 5) is 23.8. The van der Waals surface area contributed by atoms with Crippen LogP contribution < -0.4 is 5.32 Å². The molecule has 0 unspecified atom stereocenters. The van der Waals surface area contributed by atoms with E-state index in [0.29, 0.717) is 18.8 Å². The number of hydrogen-bond donors (Lipinski definition) is 2. The molecule has 24 heavy (non-hydrogen) atoms. The third-order valence-electron chi connectivity index (χ3n) is 4.89. The smallest absolute Gasteiger partial charge is 0.326 e. The van der Waals surface area contributed by atoms with Gasteiger partial charge in [-0.3, -0.25) is 4.79 Å². The maximum absolute atomic E-state index is 12.2. The van der Waals surface area contributed by atoms with Crippen molar-refractivity contribution >= 4 is 22.6 Å². The van der Waals surface area contributed by atoms with E-state index < -0.39 is 12.0 Å². The average molecular weight is 325 g/mol. The summed E-state index contributed by atoms with van der Waals surface area (Å²) in [5.41, 5.74) is 0.946. The number of carboxylic acids is 1. The maximum Gasteiger partial charge on any atom is 0.326 e. The molecule has 4 nitrogen and oxygen atoms in total. The number of aliphatic carboxylic acids is 1. The van der Waals surface area contributed by atoms with Crippen LogP contribution >= 0.6 is 0 Å². The molecule has 0 spiro atoms. The minimum Gasteiger partial charge on any atom is -0.480 e. The predicted octanol–water partition coefficient (Wildman–Crippen LogP) is 3.53. The van der Waals surface area contributed by atoms with Crippen LogP contribution in [0.15, 0.2) is 42.5 Å². The predicted molar refractivity (Wildman–Crippen MR) is 93.8 cm³/mol. The van der Waals surface area contributed by atoms with Gasteiger partial charge in [-0.2, -0.15) is 0 Å². The fourth-order valence-corrected chi connectivity index (χ4v) is 3.62. The number of fused-ring (bicyclic) bond motifs is 1. The van der Waals surface area contributed by atoms with E-state index in [-0.39, 0.29) is 5.91 Å². The summed E-state index contributed by atoms with van der Waals surface area (Å²) in [6, 6.07) is 12.9. The Morgan fingerprint density at radius 1 is 1.08 bits per heavy atom. The molecule has 1 fully saturated rings. The molecule has 0 bridgehead atoms. The van der Waals surface area contributed by atoms with Crippen LogP contribution in [-0.4, -0.2) is 23.0 Å². The Bertz CT molecular complexity index is 729. The van der Waals surface area contributed by atoms with Crippen LogP contribution in [0, 0.1) is 5.92 Å². The monoisotopic (exact) mass is 325 g/mol. The molecule has 2 aromatic rings. The summed E-state index contributed by atoms with van der Waals surface area (Å²) in [7, 11) is 0. The molecule has 0 aliphatic heterocycles. The van der Waals surface area contributed by atoms with E-state index in [1.54, 1.807) is 0 Å². The van der Waals surface area contributed by atoms with Crippen molar-refractivity contribution in [2.45, 2.75) is 44.6 Å². The van der Waals surface area contributed by atoms with Gasteiger partial charge in [-0.05, 0) is 35.1 Å². The highest BCUT2D eigenvalue weighted by Crippen LogP contribution is 2.27. The van der Waals surface area contributed by atoms with Gasteiger partial charge in [0.15, 0.2) is 0 Å². The van der Waals surface area contributed by atoms with Gasteiger partial charge >= 0.3 is 5.97 Å². The lowest BCUT2D eigenvalue weighted by atomic mass is 9.98. The van der Waals surface area contributed by atoms with Gasteiger partial charge in [-0.15, -0.1) is 0 Å². The van der Waals surface area contributed by atoms with Crippen molar-refractivity contribution in [3.05, 3.63) is 48.0 Å². The number of benzene rings is 2. The molecule has 2 N–H and O–H groups in total. The number of rotatable bonds is 6. The second kappa shape index (κ2) is 7.47. The van der Waals surface area contributed by atoms with E-state index in [2.05, 4.69) is 5.32 Å².